The first kappa shape index (κ1) is 13.7. The summed E-state index contributed by atoms with van der Waals surface area (Å²) in [6.07, 6.45) is 1.28. The molecule has 0 bridgehead atoms. The van der Waals surface area contributed by atoms with Crippen LogP contribution in [0, 0.1) is 0 Å². The Kier molecular flexibility index (Phi) is 4.38. The summed E-state index contributed by atoms with van der Waals surface area (Å²) >= 11 is 0. The number of carbonyl (C=O) groups excluding carboxylic acids is 2. The topological polar surface area (TPSA) is 96.2 Å². The van der Waals surface area contributed by atoms with Crippen LogP contribution in [0.4, 0.5) is 0 Å². The number of ketones is 1. The quantitative estimate of drug-likeness (QED) is 0.545. The van der Waals surface area contributed by atoms with E-state index in [1.54, 1.807) is 24.3 Å². The van der Waals surface area contributed by atoms with Crippen LogP contribution >= 0.6 is 0 Å². The summed E-state index contributed by atoms with van der Waals surface area (Å²) in [7, 11) is 1.47. The average molecular weight is 276 g/mol. The molecule has 0 aliphatic rings. The first-order chi connectivity index (χ1) is 9.70. The highest BCUT2D eigenvalue weighted by molar-refractivity contribution is 6.00. The molecule has 0 amide bonds. The van der Waals surface area contributed by atoms with Gasteiger partial charge in [-0.3, -0.25) is 9.59 Å². The van der Waals surface area contributed by atoms with Gasteiger partial charge in [0, 0.05) is 0 Å². The SMILES string of the molecule is COc1ccccc1C(=O)COC(=O)Cn1cnnn1. The van der Waals surface area contributed by atoms with E-state index in [0.717, 1.165) is 0 Å². The van der Waals surface area contributed by atoms with Crippen LogP contribution in [0.25, 0.3) is 0 Å². The third kappa shape index (κ3) is 3.37. The molecule has 0 saturated carbocycles. The first-order valence-corrected chi connectivity index (χ1v) is 5.73. The number of hydrogen-bond donors (Lipinski definition) is 0. The Morgan fingerprint density at radius 2 is 2.10 bits per heavy atom. The van der Waals surface area contributed by atoms with Crippen molar-refractivity contribution in [1.29, 1.82) is 0 Å². The monoisotopic (exact) mass is 276 g/mol. The number of methoxy groups -OCH3 is 1. The molecule has 0 saturated heterocycles. The van der Waals surface area contributed by atoms with E-state index in [9.17, 15) is 9.59 Å². The molecule has 1 aromatic carbocycles. The molecular weight excluding hydrogens is 264 g/mol. The number of hydrogen-bond acceptors (Lipinski definition) is 7. The van der Waals surface area contributed by atoms with Crippen molar-refractivity contribution in [2.75, 3.05) is 13.7 Å². The summed E-state index contributed by atoms with van der Waals surface area (Å²) < 4.78 is 11.1. The number of para-hydroxylation sites is 1. The third-order valence-electron chi connectivity index (χ3n) is 2.45. The fourth-order valence-corrected chi connectivity index (χ4v) is 1.53. The van der Waals surface area contributed by atoms with Crippen molar-refractivity contribution in [2.24, 2.45) is 0 Å². The number of esters is 1. The second-order valence-electron chi connectivity index (χ2n) is 3.79. The second-order valence-corrected chi connectivity index (χ2v) is 3.79. The number of carbonyl (C=O) groups is 2. The minimum absolute atomic E-state index is 0.147. The van der Waals surface area contributed by atoms with Gasteiger partial charge in [0.15, 0.2) is 6.61 Å². The molecule has 8 nitrogen and oxygen atoms in total. The molecule has 104 valence electrons. The standard InChI is InChI=1S/C12H12N4O4/c1-19-11-5-3-2-4-9(11)10(17)7-20-12(18)6-16-8-13-14-15-16/h2-5,8H,6-7H2,1H3. The van der Waals surface area contributed by atoms with Gasteiger partial charge < -0.3 is 9.47 Å². The Labute approximate surface area is 114 Å². The number of benzene rings is 1. The van der Waals surface area contributed by atoms with Crippen LogP contribution in [0.15, 0.2) is 30.6 Å². The van der Waals surface area contributed by atoms with Gasteiger partial charge in [0.05, 0.1) is 12.7 Å². The first-order valence-electron chi connectivity index (χ1n) is 5.73. The normalized spacial score (nSPS) is 10.1. The minimum Gasteiger partial charge on any atom is -0.496 e. The van der Waals surface area contributed by atoms with Crippen molar-refractivity contribution >= 4 is 11.8 Å². The summed E-state index contributed by atoms with van der Waals surface area (Å²) in [5.41, 5.74) is 0.366. The molecule has 0 aliphatic heterocycles. The Morgan fingerprint density at radius 3 is 2.80 bits per heavy atom. The van der Waals surface area contributed by atoms with Gasteiger partial charge in [-0.1, -0.05) is 12.1 Å². The van der Waals surface area contributed by atoms with Gasteiger partial charge >= 0.3 is 5.97 Å². The van der Waals surface area contributed by atoms with Gasteiger partial charge in [-0.2, -0.15) is 0 Å². The third-order valence-corrected chi connectivity index (χ3v) is 2.45. The van der Waals surface area contributed by atoms with Crippen LogP contribution < -0.4 is 4.74 Å². The van der Waals surface area contributed by atoms with Crippen molar-refractivity contribution < 1.29 is 19.1 Å². The lowest BCUT2D eigenvalue weighted by atomic mass is 10.1. The van der Waals surface area contributed by atoms with Crippen molar-refractivity contribution in [2.45, 2.75) is 6.54 Å². The van der Waals surface area contributed by atoms with Crippen LogP contribution in [0.1, 0.15) is 10.4 Å². The summed E-state index contributed by atoms with van der Waals surface area (Å²) in [5.74, 6) is -0.498. The summed E-state index contributed by atoms with van der Waals surface area (Å²) in [6, 6.07) is 6.73. The predicted octanol–water partition coefficient (Wildman–Crippen LogP) is 0.108. The highest BCUT2D eigenvalue weighted by Gasteiger charge is 2.14. The number of tetrazole rings is 1. The van der Waals surface area contributed by atoms with Crippen LogP contribution in [0.5, 0.6) is 5.75 Å². The van der Waals surface area contributed by atoms with E-state index in [0.29, 0.717) is 11.3 Å². The van der Waals surface area contributed by atoms with E-state index in [1.807, 2.05) is 0 Å². The molecule has 0 radical (unpaired) electrons. The lowest BCUT2D eigenvalue weighted by molar-refractivity contribution is -0.143. The van der Waals surface area contributed by atoms with Gasteiger partial charge in [0.1, 0.15) is 18.6 Å². The Hall–Kier alpha value is -2.77. The maximum absolute atomic E-state index is 11.9. The Bertz CT molecular complexity index is 597. The Morgan fingerprint density at radius 1 is 1.30 bits per heavy atom. The van der Waals surface area contributed by atoms with E-state index in [2.05, 4.69) is 15.5 Å². The number of Topliss-reactive ketones (excluding diaryl/α,β-unsaturated/α-hetero) is 1. The van der Waals surface area contributed by atoms with Crippen molar-refractivity contribution in [3.8, 4) is 5.75 Å². The van der Waals surface area contributed by atoms with Crippen LogP contribution in [0.3, 0.4) is 0 Å². The zero-order valence-corrected chi connectivity index (χ0v) is 10.7. The molecule has 0 spiro atoms. The number of aromatic nitrogens is 4. The highest BCUT2D eigenvalue weighted by atomic mass is 16.5. The van der Waals surface area contributed by atoms with Crippen molar-refractivity contribution in [1.82, 2.24) is 20.2 Å². The molecule has 20 heavy (non-hydrogen) atoms. The van der Waals surface area contributed by atoms with E-state index in [4.69, 9.17) is 9.47 Å². The van der Waals surface area contributed by atoms with Crippen LogP contribution in [0.2, 0.25) is 0 Å². The van der Waals surface area contributed by atoms with E-state index in [1.165, 1.54) is 18.1 Å². The molecular formula is C12H12N4O4. The zero-order chi connectivity index (χ0) is 14.4. The summed E-state index contributed by atoms with van der Waals surface area (Å²) in [5, 5.41) is 10.3. The van der Waals surface area contributed by atoms with Gasteiger partial charge in [0.2, 0.25) is 5.78 Å². The highest BCUT2D eigenvalue weighted by Crippen LogP contribution is 2.17. The molecule has 0 aliphatic carbocycles. The van der Waals surface area contributed by atoms with Crippen LogP contribution in [-0.2, 0) is 16.1 Å². The summed E-state index contributed by atoms with van der Waals surface area (Å²) in [4.78, 5) is 23.4. The molecule has 0 atom stereocenters. The number of rotatable bonds is 6. The molecule has 2 aromatic rings. The fraction of sp³-hybridized carbons (Fsp3) is 0.250. The van der Waals surface area contributed by atoms with Gasteiger partial charge in [-0.25, -0.2) is 4.68 Å². The summed E-state index contributed by atoms with van der Waals surface area (Å²) in [6.45, 7) is -0.506. The Balaban J connectivity index is 1.90. The maximum atomic E-state index is 11.9. The van der Waals surface area contributed by atoms with E-state index >= 15 is 0 Å². The van der Waals surface area contributed by atoms with Crippen LogP contribution in [-0.4, -0.2) is 45.7 Å². The molecule has 0 unspecified atom stereocenters. The van der Waals surface area contributed by atoms with E-state index in [-0.39, 0.29) is 18.9 Å². The minimum atomic E-state index is -0.597. The van der Waals surface area contributed by atoms with Gasteiger partial charge in [0.25, 0.3) is 0 Å². The number of ether oxygens (including phenoxy) is 2. The number of nitrogens with zero attached hydrogens (tertiary/aromatic N) is 4. The molecule has 2 rings (SSSR count). The maximum Gasteiger partial charge on any atom is 0.328 e. The fourth-order valence-electron chi connectivity index (χ4n) is 1.53. The van der Waals surface area contributed by atoms with Crippen molar-refractivity contribution in [3.63, 3.8) is 0 Å². The van der Waals surface area contributed by atoms with Gasteiger partial charge in [-0.15, -0.1) is 5.10 Å². The lowest BCUT2D eigenvalue weighted by Gasteiger charge is -2.07. The zero-order valence-electron chi connectivity index (χ0n) is 10.7. The van der Waals surface area contributed by atoms with Gasteiger partial charge in [-0.05, 0) is 22.6 Å². The van der Waals surface area contributed by atoms with Crippen molar-refractivity contribution in [3.05, 3.63) is 36.2 Å². The molecule has 0 N–H and O–H groups in total. The molecule has 0 fully saturated rings. The average Bonchev–Trinajstić information content (AvgIpc) is 2.97. The smallest absolute Gasteiger partial charge is 0.328 e. The van der Waals surface area contributed by atoms with E-state index < -0.39 is 5.97 Å². The molecule has 1 heterocycles. The largest absolute Gasteiger partial charge is 0.496 e. The predicted molar refractivity (Wildman–Crippen MR) is 66.1 cm³/mol. The molecule has 8 heteroatoms. The molecule has 1 aromatic heterocycles. The second kappa shape index (κ2) is 6.41. The lowest BCUT2D eigenvalue weighted by Crippen LogP contribution is -2.19.